The van der Waals surface area contributed by atoms with Crippen LogP contribution in [0.25, 0.3) is 0 Å². The monoisotopic (exact) mass is 349 g/mol. The van der Waals surface area contributed by atoms with E-state index in [2.05, 4.69) is 15.6 Å². The predicted molar refractivity (Wildman–Crippen MR) is 81.2 cm³/mol. The van der Waals surface area contributed by atoms with Gasteiger partial charge in [0.05, 0.1) is 5.69 Å². The fourth-order valence-corrected chi connectivity index (χ4v) is 2.22. The third-order valence-corrected chi connectivity index (χ3v) is 3.23. The van der Waals surface area contributed by atoms with Gasteiger partial charge in [-0.25, -0.2) is 9.78 Å². The molecular formula is C12H16ClN3O5S. The van der Waals surface area contributed by atoms with Crippen molar-refractivity contribution in [3.63, 3.8) is 0 Å². The number of thiazole rings is 1. The molecule has 0 aliphatic carbocycles. The molecule has 0 aliphatic heterocycles. The van der Waals surface area contributed by atoms with Gasteiger partial charge in [0.1, 0.15) is 12.1 Å². The third-order valence-electron chi connectivity index (χ3n) is 2.03. The normalized spacial score (nSPS) is 12.4. The molecule has 1 heterocycles. The highest BCUT2D eigenvalue weighted by Gasteiger charge is 2.22. The van der Waals surface area contributed by atoms with E-state index in [0.29, 0.717) is 0 Å². The molecule has 1 rings (SSSR count). The maximum atomic E-state index is 11.6. The van der Waals surface area contributed by atoms with Crippen LogP contribution in [-0.2, 0) is 14.3 Å². The SMILES string of the molecule is CC(C)(C)OC(=O)Nc1nc([C@H](Cl)C(=O)NCC(=O)O)cs1. The number of aromatic nitrogens is 1. The van der Waals surface area contributed by atoms with Crippen molar-refractivity contribution < 1.29 is 24.2 Å². The second kappa shape index (κ2) is 7.41. The van der Waals surface area contributed by atoms with Crippen LogP contribution in [0.15, 0.2) is 5.38 Å². The number of anilines is 1. The Morgan fingerprint density at radius 2 is 2.09 bits per heavy atom. The highest BCUT2D eigenvalue weighted by atomic mass is 35.5. The van der Waals surface area contributed by atoms with E-state index in [-0.39, 0.29) is 10.8 Å². The van der Waals surface area contributed by atoms with E-state index in [1.165, 1.54) is 5.38 Å². The Morgan fingerprint density at radius 1 is 1.45 bits per heavy atom. The zero-order chi connectivity index (χ0) is 16.9. The van der Waals surface area contributed by atoms with E-state index in [9.17, 15) is 14.4 Å². The molecule has 0 aliphatic rings. The molecule has 1 atom stereocenters. The summed E-state index contributed by atoms with van der Waals surface area (Å²) in [5.74, 6) is -1.86. The van der Waals surface area contributed by atoms with E-state index in [0.717, 1.165) is 11.3 Å². The Hall–Kier alpha value is -1.87. The van der Waals surface area contributed by atoms with Gasteiger partial charge >= 0.3 is 12.1 Å². The standard InChI is InChI=1S/C12H16ClN3O5S/c1-12(2,3)21-11(20)16-10-15-6(5-22-10)8(13)9(19)14-4-7(17)18/h5,8H,4H2,1-3H3,(H,14,19)(H,17,18)(H,15,16,20)/t8-/m0/s1. The molecular weight excluding hydrogens is 334 g/mol. The number of amides is 2. The summed E-state index contributed by atoms with van der Waals surface area (Å²) in [5.41, 5.74) is -0.434. The second-order valence-electron chi connectivity index (χ2n) is 5.18. The summed E-state index contributed by atoms with van der Waals surface area (Å²) in [4.78, 5) is 37.6. The van der Waals surface area contributed by atoms with E-state index < -0.39 is 35.5 Å². The maximum absolute atomic E-state index is 11.6. The summed E-state index contributed by atoms with van der Waals surface area (Å²) in [7, 11) is 0. The minimum Gasteiger partial charge on any atom is -0.480 e. The summed E-state index contributed by atoms with van der Waals surface area (Å²) in [6.07, 6.45) is -0.671. The molecule has 0 aromatic carbocycles. The van der Waals surface area contributed by atoms with E-state index in [1.54, 1.807) is 20.8 Å². The van der Waals surface area contributed by atoms with Gasteiger partial charge in [-0.1, -0.05) is 0 Å². The van der Waals surface area contributed by atoms with E-state index in [4.69, 9.17) is 21.4 Å². The number of carbonyl (C=O) groups excluding carboxylic acids is 2. The lowest BCUT2D eigenvalue weighted by Crippen LogP contribution is -2.32. The molecule has 10 heteroatoms. The first-order valence-corrected chi connectivity index (χ1v) is 7.49. The number of hydrogen-bond acceptors (Lipinski definition) is 6. The van der Waals surface area contributed by atoms with Crippen LogP contribution in [-0.4, -0.2) is 40.2 Å². The van der Waals surface area contributed by atoms with Crippen molar-refractivity contribution in [1.29, 1.82) is 0 Å². The van der Waals surface area contributed by atoms with Gasteiger partial charge in [0.15, 0.2) is 10.5 Å². The highest BCUT2D eigenvalue weighted by molar-refractivity contribution is 7.14. The number of aliphatic carboxylic acids is 1. The Bertz CT molecular complexity index is 569. The first kappa shape index (κ1) is 18.2. The van der Waals surface area contributed by atoms with Crippen LogP contribution in [0.1, 0.15) is 31.8 Å². The summed E-state index contributed by atoms with van der Waals surface area (Å²) in [6.45, 7) is 4.64. The topological polar surface area (TPSA) is 118 Å². The number of alkyl halides is 1. The van der Waals surface area contributed by atoms with Crippen LogP contribution in [0.2, 0.25) is 0 Å². The Balaban J connectivity index is 2.61. The van der Waals surface area contributed by atoms with Gasteiger partial charge in [0.2, 0.25) is 5.91 Å². The fourth-order valence-electron chi connectivity index (χ4n) is 1.24. The predicted octanol–water partition coefficient (Wildman–Crippen LogP) is 1.97. The lowest BCUT2D eigenvalue weighted by molar-refractivity contribution is -0.137. The van der Waals surface area contributed by atoms with Crippen LogP contribution in [0.5, 0.6) is 0 Å². The number of halogens is 1. The van der Waals surface area contributed by atoms with Crippen LogP contribution >= 0.6 is 22.9 Å². The van der Waals surface area contributed by atoms with Crippen LogP contribution in [0, 0.1) is 0 Å². The Labute approximate surface area is 135 Å². The number of nitrogens with zero attached hydrogens (tertiary/aromatic N) is 1. The fraction of sp³-hybridized carbons (Fsp3) is 0.500. The zero-order valence-corrected chi connectivity index (χ0v) is 13.7. The molecule has 8 nitrogen and oxygen atoms in total. The number of carbonyl (C=O) groups is 3. The van der Waals surface area contributed by atoms with Crippen molar-refractivity contribution in [1.82, 2.24) is 10.3 Å². The molecule has 0 radical (unpaired) electrons. The van der Waals surface area contributed by atoms with Gasteiger partial charge in [0.25, 0.3) is 0 Å². The number of carboxylic acids is 1. The molecule has 2 amide bonds. The van der Waals surface area contributed by atoms with Crippen LogP contribution in [0.3, 0.4) is 0 Å². The van der Waals surface area contributed by atoms with Crippen molar-refractivity contribution in [2.45, 2.75) is 31.7 Å². The van der Waals surface area contributed by atoms with Gasteiger partial charge in [-0.3, -0.25) is 14.9 Å². The average Bonchev–Trinajstić information content (AvgIpc) is 2.80. The Morgan fingerprint density at radius 3 is 2.64 bits per heavy atom. The molecule has 1 aromatic rings. The minimum atomic E-state index is -1.18. The number of carboxylic acid groups (broad SMARTS) is 1. The van der Waals surface area contributed by atoms with Gasteiger partial charge in [-0.2, -0.15) is 0 Å². The smallest absolute Gasteiger partial charge is 0.413 e. The van der Waals surface area contributed by atoms with Crippen molar-refractivity contribution in [3.05, 3.63) is 11.1 Å². The quantitative estimate of drug-likeness (QED) is 0.699. The van der Waals surface area contributed by atoms with Crippen molar-refractivity contribution in [2.24, 2.45) is 0 Å². The minimum absolute atomic E-state index is 0.209. The first-order valence-electron chi connectivity index (χ1n) is 6.17. The van der Waals surface area contributed by atoms with Gasteiger partial charge in [-0.15, -0.1) is 22.9 Å². The van der Waals surface area contributed by atoms with Gasteiger partial charge in [-0.05, 0) is 20.8 Å². The van der Waals surface area contributed by atoms with E-state index >= 15 is 0 Å². The molecule has 0 saturated heterocycles. The molecule has 0 saturated carbocycles. The highest BCUT2D eigenvalue weighted by Crippen LogP contribution is 2.25. The molecule has 122 valence electrons. The lowest BCUT2D eigenvalue weighted by Gasteiger charge is -2.18. The molecule has 22 heavy (non-hydrogen) atoms. The van der Waals surface area contributed by atoms with Crippen LogP contribution < -0.4 is 10.6 Å². The van der Waals surface area contributed by atoms with Crippen molar-refractivity contribution in [2.75, 3.05) is 11.9 Å². The van der Waals surface area contributed by atoms with Crippen LogP contribution in [0.4, 0.5) is 9.93 Å². The maximum Gasteiger partial charge on any atom is 0.413 e. The molecule has 0 unspecified atom stereocenters. The largest absolute Gasteiger partial charge is 0.480 e. The number of ether oxygens (including phenoxy) is 1. The molecule has 0 bridgehead atoms. The van der Waals surface area contributed by atoms with E-state index in [1.807, 2.05) is 0 Å². The van der Waals surface area contributed by atoms with Gasteiger partial charge < -0.3 is 15.2 Å². The Kier molecular flexibility index (Phi) is 6.12. The number of rotatable bonds is 5. The number of hydrogen-bond donors (Lipinski definition) is 3. The summed E-state index contributed by atoms with van der Waals surface area (Å²) < 4.78 is 5.06. The van der Waals surface area contributed by atoms with Crippen molar-refractivity contribution >= 4 is 46.0 Å². The van der Waals surface area contributed by atoms with Gasteiger partial charge in [0, 0.05) is 5.38 Å². The first-order chi connectivity index (χ1) is 10.1. The lowest BCUT2D eigenvalue weighted by atomic mass is 10.2. The molecule has 3 N–H and O–H groups in total. The average molecular weight is 350 g/mol. The second-order valence-corrected chi connectivity index (χ2v) is 6.47. The summed E-state index contributed by atoms with van der Waals surface area (Å²) in [6, 6.07) is 0. The molecule has 0 fully saturated rings. The zero-order valence-electron chi connectivity index (χ0n) is 12.2. The molecule has 0 spiro atoms. The molecule has 1 aromatic heterocycles. The summed E-state index contributed by atoms with van der Waals surface area (Å²) >= 11 is 6.96. The van der Waals surface area contributed by atoms with Crippen molar-refractivity contribution in [3.8, 4) is 0 Å². The third kappa shape index (κ3) is 6.27. The summed E-state index contributed by atoms with van der Waals surface area (Å²) in [5, 5.41) is 13.6. The number of nitrogens with one attached hydrogen (secondary N) is 2.